The van der Waals surface area contributed by atoms with Crippen molar-refractivity contribution < 1.29 is 14.4 Å². The van der Waals surface area contributed by atoms with E-state index >= 15 is 0 Å². The van der Waals surface area contributed by atoms with Gasteiger partial charge in [-0.1, -0.05) is 51.8 Å². The number of amides is 2. The fourth-order valence-corrected chi connectivity index (χ4v) is 5.69. The zero-order chi connectivity index (χ0) is 23.6. The summed E-state index contributed by atoms with van der Waals surface area (Å²) >= 11 is 9.41. The number of imide groups is 1. The maximum atomic E-state index is 13.8. The second-order valence-corrected chi connectivity index (χ2v) is 9.91. The van der Waals surface area contributed by atoms with Gasteiger partial charge in [0, 0.05) is 15.1 Å². The van der Waals surface area contributed by atoms with E-state index in [-0.39, 0.29) is 17.6 Å². The summed E-state index contributed by atoms with van der Waals surface area (Å²) in [7, 11) is 0. The van der Waals surface area contributed by atoms with Gasteiger partial charge in [0.25, 0.3) is 0 Å². The van der Waals surface area contributed by atoms with Crippen LogP contribution in [0, 0.1) is 11.8 Å². The molecular formula is C26H17BrClN3O3. The molecule has 3 aromatic carbocycles. The Labute approximate surface area is 208 Å². The largest absolute Gasteiger partial charge is 0.292 e. The third kappa shape index (κ3) is 3.07. The van der Waals surface area contributed by atoms with Gasteiger partial charge in [-0.15, -0.1) is 0 Å². The van der Waals surface area contributed by atoms with Crippen molar-refractivity contribution in [1.29, 1.82) is 0 Å². The number of nitrogens with zero attached hydrogens (tertiary/aromatic N) is 3. The van der Waals surface area contributed by atoms with Gasteiger partial charge in [-0.25, -0.2) is 4.90 Å². The number of ketones is 1. The van der Waals surface area contributed by atoms with Gasteiger partial charge in [0.15, 0.2) is 5.78 Å². The molecule has 168 valence electrons. The van der Waals surface area contributed by atoms with E-state index in [9.17, 15) is 14.4 Å². The number of Topliss-reactive ketones (excluding diaryl/α,β-unsaturated/α-hetero) is 1. The molecule has 0 spiro atoms. The Kier molecular flexibility index (Phi) is 4.93. The number of hydrogen-bond acceptors (Lipinski definition) is 5. The minimum Gasteiger partial charge on any atom is -0.292 e. The Morgan fingerprint density at radius 2 is 1.56 bits per heavy atom. The van der Waals surface area contributed by atoms with Crippen LogP contribution in [0.25, 0.3) is 0 Å². The van der Waals surface area contributed by atoms with Crippen LogP contribution in [0.4, 0.5) is 5.69 Å². The smallest absolute Gasteiger partial charge is 0.240 e. The van der Waals surface area contributed by atoms with E-state index in [1.807, 2.05) is 24.3 Å². The van der Waals surface area contributed by atoms with Crippen molar-refractivity contribution in [2.75, 3.05) is 4.90 Å². The maximum absolute atomic E-state index is 13.8. The van der Waals surface area contributed by atoms with Crippen molar-refractivity contribution >= 4 is 57.0 Å². The zero-order valence-corrected chi connectivity index (χ0v) is 20.0. The normalized spacial score (nSPS) is 24.8. The van der Waals surface area contributed by atoms with E-state index in [0.29, 0.717) is 16.3 Å². The number of hydrogen-bond donors (Lipinski definition) is 0. The molecule has 8 heteroatoms. The Balaban J connectivity index is 1.49. The molecule has 0 aromatic heterocycles. The third-order valence-electron chi connectivity index (χ3n) is 6.78. The molecule has 3 aliphatic rings. The molecule has 2 saturated heterocycles. The SMILES string of the molecule is O=C(c1ccc(Cl)cc1)[C@H]1[C@H]2C(=O)N(c3ccc(Br)cc3)C(=O)[C@@H]2[C@H]2c3ccccc3C=NN21. The second kappa shape index (κ2) is 7.89. The van der Waals surface area contributed by atoms with Crippen molar-refractivity contribution in [3.63, 3.8) is 0 Å². The zero-order valence-electron chi connectivity index (χ0n) is 17.6. The first-order valence-corrected chi connectivity index (χ1v) is 12.0. The number of rotatable bonds is 3. The summed E-state index contributed by atoms with van der Waals surface area (Å²) in [6.07, 6.45) is 1.69. The van der Waals surface area contributed by atoms with Crippen LogP contribution < -0.4 is 4.90 Å². The number of benzene rings is 3. The molecular weight excluding hydrogens is 518 g/mol. The predicted octanol–water partition coefficient (Wildman–Crippen LogP) is 4.86. The predicted molar refractivity (Wildman–Crippen MR) is 132 cm³/mol. The van der Waals surface area contributed by atoms with Gasteiger partial charge >= 0.3 is 0 Å². The number of anilines is 1. The molecule has 0 radical (unpaired) electrons. The van der Waals surface area contributed by atoms with Crippen LogP contribution in [0.15, 0.2) is 82.4 Å². The van der Waals surface area contributed by atoms with E-state index in [1.165, 1.54) is 4.90 Å². The minimum atomic E-state index is -0.905. The van der Waals surface area contributed by atoms with Gasteiger partial charge in [-0.05, 0) is 59.7 Å². The van der Waals surface area contributed by atoms with Crippen LogP contribution in [0.3, 0.4) is 0 Å². The second-order valence-electron chi connectivity index (χ2n) is 8.55. The third-order valence-corrected chi connectivity index (χ3v) is 7.56. The van der Waals surface area contributed by atoms with Crippen LogP contribution in [0.2, 0.25) is 5.02 Å². The summed E-state index contributed by atoms with van der Waals surface area (Å²) in [5, 5.41) is 6.74. The van der Waals surface area contributed by atoms with Crippen LogP contribution in [-0.4, -0.2) is 34.9 Å². The minimum absolute atomic E-state index is 0.260. The molecule has 0 saturated carbocycles. The van der Waals surface area contributed by atoms with Crippen LogP contribution >= 0.6 is 27.5 Å². The lowest BCUT2D eigenvalue weighted by molar-refractivity contribution is -0.124. The topological polar surface area (TPSA) is 70.0 Å². The molecule has 0 aliphatic carbocycles. The van der Waals surface area contributed by atoms with Gasteiger partial charge < -0.3 is 0 Å². The summed E-state index contributed by atoms with van der Waals surface area (Å²) < 4.78 is 0.841. The number of halogens is 2. The lowest BCUT2D eigenvalue weighted by Gasteiger charge is -2.33. The maximum Gasteiger partial charge on any atom is 0.240 e. The standard InChI is InChI=1S/C26H17BrClN3O3/c27-16-7-11-18(12-8-16)30-25(33)20-21(26(30)34)23(24(32)14-5-9-17(28)10-6-14)31-22(20)19-4-2-1-3-15(19)13-29-31/h1-13,20-23H/t20-,21-,22+,23+/m0/s1. The van der Waals surface area contributed by atoms with Gasteiger partial charge in [0.05, 0.1) is 29.8 Å². The molecule has 2 fully saturated rings. The molecule has 2 amide bonds. The highest BCUT2D eigenvalue weighted by Gasteiger charge is 2.65. The summed E-state index contributed by atoms with van der Waals surface area (Å²) in [5.74, 6) is -2.54. The fraction of sp³-hybridized carbons (Fsp3) is 0.154. The molecule has 6 rings (SSSR count). The van der Waals surface area contributed by atoms with Gasteiger partial charge in [-0.3, -0.25) is 19.4 Å². The molecule has 0 N–H and O–H groups in total. The quantitative estimate of drug-likeness (QED) is 0.355. The Hall–Kier alpha value is -3.29. The van der Waals surface area contributed by atoms with Crippen molar-refractivity contribution in [2.45, 2.75) is 12.1 Å². The lowest BCUT2D eigenvalue weighted by atomic mass is 9.83. The van der Waals surface area contributed by atoms with Crippen LogP contribution in [0.5, 0.6) is 0 Å². The number of fused-ring (bicyclic) bond motifs is 5. The first kappa shape index (κ1) is 21.3. The van der Waals surface area contributed by atoms with E-state index in [2.05, 4.69) is 21.0 Å². The molecule has 4 atom stereocenters. The molecule has 3 heterocycles. The van der Waals surface area contributed by atoms with Gasteiger partial charge in [0.1, 0.15) is 6.04 Å². The van der Waals surface area contributed by atoms with Crippen LogP contribution in [-0.2, 0) is 9.59 Å². The highest BCUT2D eigenvalue weighted by Crippen LogP contribution is 2.53. The summed E-state index contributed by atoms with van der Waals surface area (Å²) in [6.45, 7) is 0. The summed E-state index contributed by atoms with van der Waals surface area (Å²) in [5.41, 5.74) is 2.68. The van der Waals surface area contributed by atoms with Crippen molar-refractivity contribution in [1.82, 2.24) is 5.01 Å². The van der Waals surface area contributed by atoms with Gasteiger partial charge in [-0.2, -0.15) is 5.10 Å². The lowest BCUT2D eigenvalue weighted by Crippen LogP contribution is -2.44. The molecule has 6 nitrogen and oxygen atoms in total. The average molecular weight is 535 g/mol. The molecule has 0 unspecified atom stereocenters. The summed E-state index contributed by atoms with van der Waals surface area (Å²) in [6, 6.07) is 19.8. The molecule has 34 heavy (non-hydrogen) atoms. The van der Waals surface area contributed by atoms with Crippen molar-refractivity contribution in [2.24, 2.45) is 16.9 Å². The van der Waals surface area contributed by atoms with Crippen molar-refractivity contribution in [3.05, 3.63) is 99.0 Å². The number of hydrazone groups is 1. The molecule has 3 aromatic rings. The van der Waals surface area contributed by atoms with Crippen LogP contribution in [0.1, 0.15) is 27.5 Å². The van der Waals surface area contributed by atoms with Crippen molar-refractivity contribution in [3.8, 4) is 0 Å². The number of carbonyl (C=O) groups is 3. The summed E-state index contributed by atoms with van der Waals surface area (Å²) in [4.78, 5) is 42.5. The highest BCUT2D eigenvalue weighted by molar-refractivity contribution is 9.10. The first-order chi connectivity index (χ1) is 16.5. The van der Waals surface area contributed by atoms with E-state index in [0.717, 1.165) is 15.6 Å². The Morgan fingerprint density at radius 1 is 0.882 bits per heavy atom. The average Bonchev–Trinajstić information content (AvgIpc) is 3.32. The van der Waals surface area contributed by atoms with E-state index < -0.39 is 23.9 Å². The van der Waals surface area contributed by atoms with Gasteiger partial charge in [0.2, 0.25) is 11.8 Å². The molecule has 0 bridgehead atoms. The monoisotopic (exact) mass is 533 g/mol. The highest BCUT2D eigenvalue weighted by atomic mass is 79.9. The van der Waals surface area contributed by atoms with E-state index in [4.69, 9.17) is 11.6 Å². The fourth-order valence-electron chi connectivity index (χ4n) is 5.30. The first-order valence-electron chi connectivity index (χ1n) is 10.8. The number of carbonyl (C=O) groups excluding carboxylic acids is 3. The Morgan fingerprint density at radius 3 is 2.29 bits per heavy atom. The Bertz CT molecular complexity index is 1370. The molecule has 3 aliphatic heterocycles. The van der Waals surface area contributed by atoms with E-state index in [1.54, 1.807) is 59.8 Å².